The molecule has 2 amide bonds. The van der Waals surface area contributed by atoms with Gasteiger partial charge in [0.15, 0.2) is 0 Å². The number of pyridine rings is 1. The van der Waals surface area contributed by atoms with E-state index in [0.29, 0.717) is 16.4 Å². The zero-order chi connectivity index (χ0) is 15.2. The number of aromatic nitrogens is 1. The van der Waals surface area contributed by atoms with E-state index in [1.54, 1.807) is 24.3 Å². The lowest BCUT2D eigenvalue weighted by Crippen LogP contribution is -2.28. The fourth-order valence-corrected chi connectivity index (χ4v) is 1.81. The van der Waals surface area contributed by atoms with E-state index in [4.69, 9.17) is 16.7 Å². The zero-order valence-corrected chi connectivity index (χ0v) is 11.6. The van der Waals surface area contributed by atoms with Crippen molar-refractivity contribution < 1.29 is 14.7 Å². The molecule has 0 saturated carbocycles. The zero-order valence-electron chi connectivity index (χ0n) is 10.8. The van der Waals surface area contributed by atoms with Gasteiger partial charge in [0, 0.05) is 16.9 Å². The van der Waals surface area contributed by atoms with E-state index < -0.39 is 12.0 Å². The van der Waals surface area contributed by atoms with Crippen molar-refractivity contribution in [3.8, 4) is 0 Å². The van der Waals surface area contributed by atoms with Gasteiger partial charge < -0.3 is 15.7 Å². The number of hydrogen-bond donors (Lipinski definition) is 3. The Kier molecular flexibility index (Phi) is 4.73. The molecule has 6 nitrogen and oxygen atoms in total. The molecule has 1 aromatic carbocycles. The Morgan fingerprint density at radius 1 is 1.24 bits per heavy atom. The normalized spacial score (nSPS) is 9.95. The van der Waals surface area contributed by atoms with Gasteiger partial charge in [0.05, 0.1) is 17.8 Å². The van der Waals surface area contributed by atoms with Crippen LogP contribution in [0.1, 0.15) is 16.1 Å². The largest absolute Gasteiger partial charge is 0.478 e. The minimum absolute atomic E-state index is 0.119. The molecule has 21 heavy (non-hydrogen) atoms. The predicted octanol–water partition coefficient (Wildman–Crippen LogP) is 2.75. The van der Waals surface area contributed by atoms with Crippen LogP contribution in [0.25, 0.3) is 0 Å². The fourth-order valence-electron chi connectivity index (χ4n) is 1.62. The van der Waals surface area contributed by atoms with Gasteiger partial charge in [-0.25, -0.2) is 9.59 Å². The predicted molar refractivity (Wildman–Crippen MR) is 78.5 cm³/mol. The van der Waals surface area contributed by atoms with Gasteiger partial charge >= 0.3 is 12.0 Å². The molecule has 7 heteroatoms. The van der Waals surface area contributed by atoms with Crippen LogP contribution >= 0.6 is 11.6 Å². The molecule has 0 aliphatic rings. The van der Waals surface area contributed by atoms with E-state index in [-0.39, 0.29) is 12.1 Å². The van der Waals surface area contributed by atoms with Crippen LogP contribution < -0.4 is 10.6 Å². The van der Waals surface area contributed by atoms with Gasteiger partial charge in [0.25, 0.3) is 0 Å². The number of urea groups is 1. The summed E-state index contributed by atoms with van der Waals surface area (Å²) in [7, 11) is 0. The third-order valence-corrected chi connectivity index (χ3v) is 2.81. The summed E-state index contributed by atoms with van der Waals surface area (Å²) in [6.45, 7) is 0.119. The van der Waals surface area contributed by atoms with E-state index in [1.165, 1.54) is 18.3 Å². The van der Waals surface area contributed by atoms with Crippen LogP contribution in [0.15, 0.2) is 42.6 Å². The standard InChI is InChI=1S/C14H12ClN3O3/c15-10-2-1-3-11(7-10)18-14(21)17-8-12-6-9(13(19)20)4-5-16-12/h1-7H,8H2,(H,19,20)(H2,17,18,21). The van der Waals surface area contributed by atoms with Crippen molar-refractivity contribution in [1.29, 1.82) is 0 Å². The topological polar surface area (TPSA) is 91.3 Å². The smallest absolute Gasteiger partial charge is 0.335 e. The molecule has 0 unspecified atom stereocenters. The number of nitrogens with one attached hydrogen (secondary N) is 2. The number of carbonyl (C=O) groups is 2. The summed E-state index contributed by atoms with van der Waals surface area (Å²) >= 11 is 5.81. The summed E-state index contributed by atoms with van der Waals surface area (Å²) in [6, 6.07) is 9.10. The molecule has 2 rings (SSSR count). The van der Waals surface area contributed by atoms with E-state index in [2.05, 4.69) is 15.6 Å². The Hall–Kier alpha value is -2.60. The Labute approximate surface area is 125 Å². The van der Waals surface area contributed by atoms with Gasteiger partial charge in [-0.2, -0.15) is 0 Å². The monoisotopic (exact) mass is 305 g/mol. The summed E-state index contributed by atoms with van der Waals surface area (Å²) in [5, 5.41) is 14.6. The number of nitrogens with zero attached hydrogens (tertiary/aromatic N) is 1. The third-order valence-electron chi connectivity index (χ3n) is 2.58. The number of amides is 2. The summed E-state index contributed by atoms with van der Waals surface area (Å²) < 4.78 is 0. The minimum atomic E-state index is -1.04. The average Bonchev–Trinajstić information content (AvgIpc) is 2.45. The van der Waals surface area contributed by atoms with Gasteiger partial charge in [-0.1, -0.05) is 17.7 Å². The lowest BCUT2D eigenvalue weighted by Gasteiger charge is -2.08. The Bertz CT molecular complexity index is 676. The molecule has 0 atom stereocenters. The number of carboxylic acid groups (broad SMARTS) is 1. The number of carboxylic acids is 1. The number of aromatic carboxylic acids is 1. The maximum absolute atomic E-state index is 11.7. The third kappa shape index (κ3) is 4.47. The van der Waals surface area contributed by atoms with Crippen LogP contribution in [0.5, 0.6) is 0 Å². The molecular weight excluding hydrogens is 294 g/mol. The van der Waals surface area contributed by atoms with E-state index in [0.717, 1.165) is 0 Å². The SMILES string of the molecule is O=C(NCc1cc(C(=O)O)ccn1)Nc1cccc(Cl)c1. The highest BCUT2D eigenvalue weighted by Crippen LogP contribution is 2.14. The van der Waals surface area contributed by atoms with Crippen LogP contribution in [0.2, 0.25) is 5.02 Å². The molecule has 0 bridgehead atoms. The van der Waals surface area contributed by atoms with E-state index >= 15 is 0 Å². The molecule has 0 aliphatic carbocycles. The Morgan fingerprint density at radius 3 is 2.76 bits per heavy atom. The van der Waals surface area contributed by atoms with Gasteiger partial charge in [-0.15, -0.1) is 0 Å². The van der Waals surface area contributed by atoms with Gasteiger partial charge in [0.1, 0.15) is 0 Å². The molecule has 3 N–H and O–H groups in total. The first kappa shape index (κ1) is 14.8. The van der Waals surface area contributed by atoms with Crippen LogP contribution in [0.4, 0.5) is 10.5 Å². The summed E-state index contributed by atoms with van der Waals surface area (Å²) in [6.07, 6.45) is 1.38. The highest BCUT2D eigenvalue weighted by Gasteiger charge is 2.06. The van der Waals surface area contributed by atoms with Gasteiger partial charge in [-0.05, 0) is 30.3 Å². The van der Waals surface area contributed by atoms with Gasteiger partial charge in [-0.3, -0.25) is 4.98 Å². The highest BCUT2D eigenvalue weighted by molar-refractivity contribution is 6.30. The van der Waals surface area contributed by atoms with Crippen molar-refractivity contribution in [1.82, 2.24) is 10.3 Å². The number of benzene rings is 1. The Morgan fingerprint density at radius 2 is 2.05 bits per heavy atom. The van der Waals surface area contributed by atoms with Crippen molar-refractivity contribution in [3.63, 3.8) is 0 Å². The minimum Gasteiger partial charge on any atom is -0.478 e. The number of rotatable bonds is 4. The maximum Gasteiger partial charge on any atom is 0.335 e. The highest BCUT2D eigenvalue weighted by atomic mass is 35.5. The second kappa shape index (κ2) is 6.71. The first-order valence-corrected chi connectivity index (χ1v) is 6.41. The fraction of sp³-hybridized carbons (Fsp3) is 0.0714. The van der Waals surface area contributed by atoms with E-state index in [1.807, 2.05) is 0 Å². The van der Waals surface area contributed by atoms with Crippen molar-refractivity contribution in [3.05, 3.63) is 58.9 Å². The first-order valence-electron chi connectivity index (χ1n) is 6.03. The second-order valence-corrected chi connectivity index (χ2v) is 4.60. The van der Waals surface area contributed by atoms with E-state index in [9.17, 15) is 9.59 Å². The number of halogens is 1. The summed E-state index contributed by atoms with van der Waals surface area (Å²) in [5.41, 5.74) is 1.14. The first-order chi connectivity index (χ1) is 10.0. The molecule has 0 saturated heterocycles. The lowest BCUT2D eigenvalue weighted by atomic mass is 10.2. The van der Waals surface area contributed by atoms with Crippen molar-refractivity contribution in [2.24, 2.45) is 0 Å². The van der Waals surface area contributed by atoms with Crippen molar-refractivity contribution >= 4 is 29.3 Å². The molecule has 0 fully saturated rings. The molecule has 108 valence electrons. The van der Waals surface area contributed by atoms with Crippen LogP contribution in [0.3, 0.4) is 0 Å². The number of hydrogen-bond acceptors (Lipinski definition) is 3. The second-order valence-electron chi connectivity index (χ2n) is 4.16. The molecule has 0 radical (unpaired) electrons. The molecular formula is C14H12ClN3O3. The molecule has 1 aromatic heterocycles. The molecule has 2 aromatic rings. The quantitative estimate of drug-likeness (QED) is 0.810. The summed E-state index contributed by atoms with van der Waals surface area (Å²) in [5.74, 6) is -1.04. The number of carbonyl (C=O) groups excluding carboxylic acids is 1. The lowest BCUT2D eigenvalue weighted by molar-refractivity contribution is 0.0696. The summed E-state index contributed by atoms with van der Waals surface area (Å²) in [4.78, 5) is 26.5. The maximum atomic E-state index is 11.7. The van der Waals surface area contributed by atoms with Crippen LogP contribution in [0, 0.1) is 0 Å². The molecule has 1 heterocycles. The Balaban J connectivity index is 1.92. The molecule has 0 spiro atoms. The van der Waals surface area contributed by atoms with Crippen molar-refractivity contribution in [2.75, 3.05) is 5.32 Å². The average molecular weight is 306 g/mol. The van der Waals surface area contributed by atoms with Crippen LogP contribution in [-0.4, -0.2) is 22.1 Å². The molecule has 0 aliphatic heterocycles. The van der Waals surface area contributed by atoms with Crippen molar-refractivity contribution in [2.45, 2.75) is 6.54 Å². The van der Waals surface area contributed by atoms with Crippen LogP contribution in [-0.2, 0) is 6.54 Å². The van der Waals surface area contributed by atoms with Gasteiger partial charge in [0.2, 0.25) is 0 Å². The number of anilines is 1.